The van der Waals surface area contributed by atoms with Gasteiger partial charge in [0.2, 0.25) is 0 Å². The lowest BCUT2D eigenvalue weighted by Gasteiger charge is -2.06. The highest BCUT2D eigenvalue weighted by molar-refractivity contribution is 5.94. The SMILES string of the molecule is Cc1ccc(C(=O)NCCCc2cn[nH]c2C)c(F)c1. The lowest BCUT2D eigenvalue weighted by molar-refractivity contribution is 0.0949. The van der Waals surface area contributed by atoms with Gasteiger partial charge in [0.1, 0.15) is 5.82 Å². The Balaban J connectivity index is 1.82. The summed E-state index contributed by atoms with van der Waals surface area (Å²) in [5.74, 6) is -0.848. The second-order valence-corrected chi connectivity index (χ2v) is 4.86. The van der Waals surface area contributed by atoms with Gasteiger partial charge in [-0.05, 0) is 49.9 Å². The maximum absolute atomic E-state index is 13.6. The van der Waals surface area contributed by atoms with Crippen molar-refractivity contribution in [1.82, 2.24) is 15.5 Å². The van der Waals surface area contributed by atoms with Gasteiger partial charge in [-0.2, -0.15) is 5.10 Å². The molecular formula is C15H18FN3O. The lowest BCUT2D eigenvalue weighted by Crippen LogP contribution is -2.25. The standard InChI is InChI=1S/C15H18FN3O/c1-10-5-6-13(14(16)8-10)15(20)17-7-3-4-12-9-18-19-11(12)2/h5-6,8-9H,3-4,7H2,1-2H3,(H,17,20)(H,18,19). The summed E-state index contributed by atoms with van der Waals surface area (Å²) in [6, 6.07) is 4.61. The Bertz CT molecular complexity index is 607. The van der Waals surface area contributed by atoms with Crippen LogP contribution in [-0.2, 0) is 6.42 Å². The Labute approximate surface area is 117 Å². The predicted octanol–water partition coefficient (Wildman–Crippen LogP) is 2.53. The second kappa shape index (κ2) is 6.32. The molecule has 4 nitrogen and oxygen atoms in total. The van der Waals surface area contributed by atoms with Crippen molar-refractivity contribution in [3.63, 3.8) is 0 Å². The Hall–Kier alpha value is -2.17. The van der Waals surface area contributed by atoms with E-state index in [4.69, 9.17) is 0 Å². The molecule has 0 atom stereocenters. The highest BCUT2D eigenvalue weighted by Gasteiger charge is 2.10. The summed E-state index contributed by atoms with van der Waals surface area (Å²) < 4.78 is 13.6. The van der Waals surface area contributed by atoms with Crippen LogP contribution in [0.3, 0.4) is 0 Å². The molecule has 5 heteroatoms. The second-order valence-electron chi connectivity index (χ2n) is 4.86. The van der Waals surface area contributed by atoms with Gasteiger partial charge < -0.3 is 5.32 Å². The van der Waals surface area contributed by atoms with Crippen LogP contribution in [0.5, 0.6) is 0 Å². The minimum atomic E-state index is -0.479. The van der Waals surface area contributed by atoms with Gasteiger partial charge in [0.15, 0.2) is 0 Å². The normalized spacial score (nSPS) is 10.6. The van der Waals surface area contributed by atoms with E-state index in [1.165, 1.54) is 12.1 Å². The number of H-pyrrole nitrogens is 1. The minimum absolute atomic E-state index is 0.0927. The van der Waals surface area contributed by atoms with Crippen molar-refractivity contribution in [2.24, 2.45) is 0 Å². The molecule has 106 valence electrons. The number of aromatic nitrogens is 2. The van der Waals surface area contributed by atoms with Crippen LogP contribution in [0.4, 0.5) is 4.39 Å². The molecule has 0 aliphatic rings. The van der Waals surface area contributed by atoms with Crippen LogP contribution >= 0.6 is 0 Å². The van der Waals surface area contributed by atoms with E-state index < -0.39 is 5.82 Å². The number of rotatable bonds is 5. The molecule has 0 aliphatic carbocycles. The van der Waals surface area contributed by atoms with Crippen LogP contribution in [0.2, 0.25) is 0 Å². The van der Waals surface area contributed by atoms with E-state index >= 15 is 0 Å². The largest absolute Gasteiger partial charge is 0.352 e. The zero-order valence-electron chi connectivity index (χ0n) is 11.7. The molecular weight excluding hydrogens is 257 g/mol. The molecule has 1 heterocycles. The fourth-order valence-corrected chi connectivity index (χ4v) is 2.01. The third-order valence-electron chi connectivity index (χ3n) is 3.21. The van der Waals surface area contributed by atoms with Crippen LogP contribution in [0.15, 0.2) is 24.4 Å². The van der Waals surface area contributed by atoms with Crippen LogP contribution in [0.25, 0.3) is 0 Å². The van der Waals surface area contributed by atoms with Crippen molar-refractivity contribution in [2.45, 2.75) is 26.7 Å². The first-order valence-electron chi connectivity index (χ1n) is 6.61. The van der Waals surface area contributed by atoms with E-state index in [0.29, 0.717) is 6.54 Å². The summed E-state index contributed by atoms with van der Waals surface area (Å²) in [5.41, 5.74) is 3.08. The maximum Gasteiger partial charge on any atom is 0.254 e. The number of amides is 1. The Morgan fingerprint density at radius 3 is 2.85 bits per heavy atom. The molecule has 2 rings (SSSR count). The summed E-state index contributed by atoms with van der Waals surface area (Å²) >= 11 is 0. The third-order valence-corrected chi connectivity index (χ3v) is 3.21. The monoisotopic (exact) mass is 275 g/mol. The number of benzene rings is 1. The smallest absolute Gasteiger partial charge is 0.254 e. The Morgan fingerprint density at radius 2 is 2.20 bits per heavy atom. The molecule has 2 aromatic rings. The number of nitrogens with one attached hydrogen (secondary N) is 2. The molecule has 0 fully saturated rings. The van der Waals surface area contributed by atoms with E-state index in [1.807, 2.05) is 6.92 Å². The summed E-state index contributed by atoms with van der Waals surface area (Å²) in [6.07, 6.45) is 3.41. The Kier molecular flexibility index (Phi) is 4.50. The summed E-state index contributed by atoms with van der Waals surface area (Å²) in [4.78, 5) is 11.8. The fraction of sp³-hybridized carbons (Fsp3) is 0.333. The number of hydrogen-bond donors (Lipinski definition) is 2. The molecule has 0 saturated heterocycles. The first kappa shape index (κ1) is 14.2. The van der Waals surface area contributed by atoms with Gasteiger partial charge in [-0.3, -0.25) is 9.89 Å². The maximum atomic E-state index is 13.6. The lowest BCUT2D eigenvalue weighted by atomic mass is 10.1. The van der Waals surface area contributed by atoms with Gasteiger partial charge in [-0.25, -0.2) is 4.39 Å². The summed E-state index contributed by atoms with van der Waals surface area (Å²) in [6.45, 7) is 4.26. The van der Waals surface area contributed by atoms with Crippen LogP contribution < -0.4 is 5.32 Å². The van der Waals surface area contributed by atoms with Crippen molar-refractivity contribution in [3.05, 3.63) is 52.6 Å². The van der Waals surface area contributed by atoms with E-state index in [9.17, 15) is 9.18 Å². The minimum Gasteiger partial charge on any atom is -0.352 e. The van der Waals surface area contributed by atoms with Gasteiger partial charge in [0.25, 0.3) is 5.91 Å². The van der Waals surface area contributed by atoms with Gasteiger partial charge in [-0.15, -0.1) is 0 Å². The highest BCUT2D eigenvalue weighted by atomic mass is 19.1. The summed E-state index contributed by atoms with van der Waals surface area (Å²) in [5, 5.41) is 9.54. The molecule has 0 aliphatic heterocycles. The first-order chi connectivity index (χ1) is 9.58. The van der Waals surface area contributed by atoms with Crippen molar-refractivity contribution in [1.29, 1.82) is 0 Å². The Morgan fingerprint density at radius 1 is 1.40 bits per heavy atom. The zero-order valence-corrected chi connectivity index (χ0v) is 11.7. The van der Waals surface area contributed by atoms with E-state index in [-0.39, 0.29) is 11.5 Å². The van der Waals surface area contributed by atoms with E-state index in [0.717, 1.165) is 29.7 Å². The van der Waals surface area contributed by atoms with Crippen molar-refractivity contribution in [3.8, 4) is 0 Å². The fourth-order valence-electron chi connectivity index (χ4n) is 2.01. The molecule has 1 amide bonds. The highest BCUT2D eigenvalue weighted by Crippen LogP contribution is 2.10. The van der Waals surface area contributed by atoms with E-state index in [1.54, 1.807) is 19.2 Å². The molecule has 0 saturated carbocycles. The molecule has 1 aromatic heterocycles. The number of nitrogens with zero attached hydrogens (tertiary/aromatic N) is 1. The zero-order chi connectivity index (χ0) is 14.5. The topological polar surface area (TPSA) is 57.8 Å². The number of carbonyl (C=O) groups excluding carboxylic acids is 1. The molecule has 0 bridgehead atoms. The van der Waals surface area contributed by atoms with Gasteiger partial charge in [-0.1, -0.05) is 6.07 Å². The molecule has 0 radical (unpaired) electrons. The molecule has 20 heavy (non-hydrogen) atoms. The van der Waals surface area contributed by atoms with Crippen LogP contribution in [0, 0.1) is 19.7 Å². The first-order valence-corrected chi connectivity index (χ1v) is 6.61. The molecule has 2 N–H and O–H groups in total. The number of carbonyl (C=O) groups is 1. The molecule has 0 unspecified atom stereocenters. The van der Waals surface area contributed by atoms with Crippen LogP contribution in [0.1, 0.15) is 33.6 Å². The quantitative estimate of drug-likeness (QED) is 0.824. The van der Waals surface area contributed by atoms with Crippen molar-refractivity contribution >= 4 is 5.91 Å². The molecule has 0 spiro atoms. The van der Waals surface area contributed by atoms with Gasteiger partial charge in [0, 0.05) is 12.2 Å². The van der Waals surface area contributed by atoms with Gasteiger partial charge in [0.05, 0.1) is 11.8 Å². The number of aryl methyl sites for hydroxylation is 3. The van der Waals surface area contributed by atoms with Gasteiger partial charge >= 0.3 is 0 Å². The average Bonchev–Trinajstić information content (AvgIpc) is 2.80. The van der Waals surface area contributed by atoms with Crippen LogP contribution in [-0.4, -0.2) is 22.6 Å². The average molecular weight is 275 g/mol. The third kappa shape index (κ3) is 3.44. The number of aromatic amines is 1. The number of halogens is 1. The van der Waals surface area contributed by atoms with Crippen molar-refractivity contribution < 1.29 is 9.18 Å². The molecule has 1 aromatic carbocycles. The summed E-state index contributed by atoms with van der Waals surface area (Å²) in [7, 11) is 0. The van der Waals surface area contributed by atoms with Crippen molar-refractivity contribution in [2.75, 3.05) is 6.54 Å². The predicted molar refractivity (Wildman–Crippen MR) is 75.1 cm³/mol. The van der Waals surface area contributed by atoms with E-state index in [2.05, 4.69) is 15.5 Å². The number of hydrogen-bond acceptors (Lipinski definition) is 2.